The quantitative estimate of drug-likeness (QED) is 0.463. The summed E-state index contributed by atoms with van der Waals surface area (Å²) in [7, 11) is 3.64. The normalized spacial score (nSPS) is 19.6. The van der Waals surface area contributed by atoms with E-state index in [2.05, 4.69) is 49.9 Å². The summed E-state index contributed by atoms with van der Waals surface area (Å²) in [6, 6.07) is 4.38. The van der Waals surface area contributed by atoms with Crippen molar-refractivity contribution in [1.29, 1.82) is 0 Å². The molecular weight excluding hydrogens is 385 g/mol. The minimum Gasteiger partial charge on any atom is -0.384 e. The fraction of sp³-hybridized carbons (Fsp3) is 0.643. The monoisotopic (exact) mass is 407 g/mol. The van der Waals surface area contributed by atoms with Gasteiger partial charge in [0.25, 0.3) is 0 Å². The molecule has 1 atom stereocenters. The van der Waals surface area contributed by atoms with Crippen LogP contribution < -0.4 is 5.32 Å². The van der Waals surface area contributed by atoms with Gasteiger partial charge in [-0.25, -0.2) is 0 Å². The van der Waals surface area contributed by atoms with Crippen molar-refractivity contribution in [1.82, 2.24) is 10.2 Å². The van der Waals surface area contributed by atoms with E-state index in [1.54, 1.807) is 7.11 Å². The van der Waals surface area contributed by atoms with Crippen molar-refractivity contribution >= 4 is 39.9 Å². The third kappa shape index (κ3) is 4.60. The minimum absolute atomic E-state index is 0.637. The molecule has 0 aliphatic carbocycles. The second-order valence-electron chi connectivity index (χ2n) is 4.99. The summed E-state index contributed by atoms with van der Waals surface area (Å²) >= 11 is 4.23. The van der Waals surface area contributed by atoms with Crippen molar-refractivity contribution in [3.05, 3.63) is 19.9 Å². The Balaban J connectivity index is 1.76. The lowest BCUT2D eigenvalue weighted by Gasteiger charge is -2.21. The number of hydrogen-bond donors (Lipinski definition) is 1. The minimum atomic E-state index is 0.637. The molecule has 2 rings (SSSR count). The number of halogens is 1. The van der Waals surface area contributed by atoms with E-state index in [-0.39, 0.29) is 0 Å². The van der Waals surface area contributed by atoms with Crippen LogP contribution >= 0.6 is 33.9 Å². The number of ether oxygens (including phenoxy) is 1. The molecule has 0 radical (unpaired) electrons. The molecule has 0 amide bonds. The summed E-state index contributed by atoms with van der Waals surface area (Å²) in [5, 5.41) is 3.47. The van der Waals surface area contributed by atoms with E-state index in [0.29, 0.717) is 5.92 Å². The second-order valence-corrected chi connectivity index (χ2v) is 8.05. The molecule has 6 heteroatoms. The van der Waals surface area contributed by atoms with Gasteiger partial charge < -0.3 is 15.0 Å². The van der Waals surface area contributed by atoms with Gasteiger partial charge in [-0.15, -0.1) is 11.3 Å². The average molecular weight is 407 g/mol. The van der Waals surface area contributed by atoms with Crippen LogP contribution in [0.4, 0.5) is 0 Å². The summed E-state index contributed by atoms with van der Waals surface area (Å²) in [4.78, 5) is 8.16. The third-order valence-electron chi connectivity index (χ3n) is 3.48. The van der Waals surface area contributed by atoms with E-state index in [1.165, 1.54) is 14.2 Å². The molecule has 0 bridgehead atoms. The zero-order valence-electron chi connectivity index (χ0n) is 12.1. The van der Waals surface area contributed by atoms with Crippen LogP contribution in [0.1, 0.15) is 11.3 Å². The van der Waals surface area contributed by atoms with Gasteiger partial charge in [0, 0.05) is 44.6 Å². The van der Waals surface area contributed by atoms with Crippen LogP contribution in [0.25, 0.3) is 0 Å². The van der Waals surface area contributed by atoms with Gasteiger partial charge in [0.05, 0.1) is 9.49 Å². The largest absolute Gasteiger partial charge is 0.384 e. The predicted octanol–water partition coefficient (Wildman–Crippen LogP) is 2.44. The van der Waals surface area contributed by atoms with Crippen molar-refractivity contribution in [2.45, 2.75) is 12.8 Å². The molecule has 0 spiro atoms. The highest BCUT2D eigenvalue weighted by molar-refractivity contribution is 14.1. The molecule has 4 nitrogen and oxygen atoms in total. The molecule has 1 saturated heterocycles. The van der Waals surface area contributed by atoms with Gasteiger partial charge >= 0.3 is 0 Å². The Labute approximate surface area is 138 Å². The van der Waals surface area contributed by atoms with Crippen LogP contribution in [-0.2, 0) is 11.2 Å². The van der Waals surface area contributed by atoms with E-state index in [0.717, 1.165) is 38.6 Å². The van der Waals surface area contributed by atoms with Gasteiger partial charge in [0.15, 0.2) is 5.96 Å². The summed E-state index contributed by atoms with van der Waals surface area (Å²) in [6.45, 7) is 3.91. The lowest BCUT2D eigenvalue weighted by molar-refractivity contribution is 0.157. The second kappa shape index (κ2) is 8.19. The van der Waals surface area contributed by atoms with Gasteiger partial charge in [0.1, 0.15) is 0 Å². The van der Waals surface area contributed by atoms with Crippen LogP contribution in [0.3, 0.4) is 0 Å². The van der Waals surface area contributed by atoms with Gasteiger partial charge in [0.2, 0.25) is 0 Å². The van der Waals surface area contributed by atoms with E-state index < -0.39 is 0 Å². The van der Waals surface area contributed by atoms with Crippen molar-refractivity contribution in [3.63, 3.8) is 0 Å². The van der Waals surface area contributed by atoms with Crippen molar-refractivity contribution in [2.75, 3.05) is 40.4 Å². The lowest BCUT2D eigenvalue weighted by atomic mass is 10.1. The first-order valence-electron chi connectivity index (χ1n) is 6.91. The van der Waals surface area contributed by atoms with Crippen molar-refractivity contribution < 1.29 is 4.74 Å². The standard InChI is InChI=1S/C14H22IN3OS/c1-16-14(18-8-6-11(9-18)10-19-2)17-7-5-12-3-4-13(15)20-12/h3-4,11H,5-10H2,1-2H3,(H,16,17). The maximum atomic E-state index is 5.24. The van der Waals surface area contributed by atoms with E-state index in [1.807, 2.05) is 18.4 Å². The Morgan fingerprint density at radius 2 is 2.45 bits per heavy atom. The number of nitrogens with zero attached hydrogens (tertiary/aromatic N) is 2. The highest BCUT2D eigenvalue weighted by Gasteiger charge is 2.24. The Bertz CT molecular complexity index is 449. The fourth-order valence-corrected chi connectivity index (χ4v) is 4.27. The average Bonchev–Trinajstić information content (AvgIpc) is 3.05. The highest BCUT2D eigenvalue weighted by atomic mass is 127. The SMILES string of the molecule is CN=C(NCCc1ccc(I)s1)N1CCC(COC)C1. The fourth-order valence-electron chi connectivity index (χ4n) is 2.51. The summed E-state index contributed by atoms with van der Waals surface area (Å²) in [5.74, 6) is 1.66. The topological polar surface area (TPSA) is 36.9 Å². The Kier molecular flexibility index (Phi) is 6.57. The molecule has 0 saturated carbocycles. The molecule has 1 aromatic heterocycles. The first kappa shape index (κ1) is 16.0. The Morgan fingerprint density at radius 1 is 1.60 bits per heavy atom. The van der Waals surface area contributed by atoms with E-state index in [9.17, 15) is 0 Å². The highest BCUT2D eigenvalue weighted by Crippen LogP contribution is 2.19. The summed E-state index contributed by atoms with van der Waals surface area (Å²) in [6.07, 6.45) is 2.25. The molecule has 20 heavy (non-hydrogen) atoms. The summed E-state index contributed by atoms with van der Waals surface area (Å²) < 4.78 is 6.59. The number of nitrogens with one attached hydrogen (secondary N) is 1. The molecular formula is C14H22IN3OS. The predicted molar refractivity (Wildman–Crippen MR) is 93.7 cm³/mol. The molecule has 1 aliphatic heterocycles. The van der Waals surface area contributed by atoms with E-state index in [4.69, 9.17) is 4.74 Å². The van der Waals surface area contributed by atoms with Crippen LogP contribution in [-0.4, -0.2) is 51.3 Å². The Hall–Kier alpha value is -0.340. The van der Waals surface area contributed by atoms with Crippen LogP contribution in [0.15, 0.2) is 17.1 Å². The number of hydrogen-bond acceptors (Lipinski definition) is 3. The van der Waals surface area contributed by atoms with Gasteiger partial charge in [-0.05, 0) is 47.6 Å². The number of rotatable bonds is 5. The zero-order valence-corrected chi connectivity index (χ0v) is 15.0. The molecule has 1 aromatic rings. The van der Waals surface area contributed by atoms with Gasteiger partial charge in [-0.1, -0.05) is 0 Å². The molecule has 1 aliphatic rings. The zero-order chi connectivity index (χ0) is 14.4. The summed E-state index contributed by atoms with van der Waals surface area (Å²) in [5.41, 5.74) is 0. The maximum absolute atomic E-state index is 5.24. The maximum Gasteiger partial charge on any atom is 0.193 e. The van der Waals surface area contributed by atoms with Crippen molar-refractivity contribution in [3.8, 4) is 0 Å². The number of thiophene rings is 1. The first-order chi connectivity index (χ1) is 9.72. The molecule has 0 aromatic carbocycles. The Morgan fingerprint density at radius 3 is 3.10 bits per heavy atom. The van der Waals surface area contributed by atoms with Gasteiger partial charge in [-0.3, -0.25) is 4.99 Å². The van der Waals surface area contributed by atoms with Crippen LogP contribution in [0.5, 0.6) is 0 Å². The van der Waals surface area contributed by atoms with E-state index >= 15 is 0 Å². The van der Waals surface area contributed by atoms with Gasteiger partial charge in [-0.2, -0.15) is 0 Å². The molecule has 1 fully saturated rings. The molecule has 1 unspecified atom stereocenters. The van der Waals surface area contributed by atoms with Crippen LogP contribution in [0, 0.1) is 8.80 Å². The number of aliphatic imine (C=N–C) groups is 1. The lowest BCUT2D eigenvalue weighted by Crippen LogP contribution is -2.41. The molecule has 112 valence electrons. The smallest absolute Gasteiger partial charge is 0.193 e. The van der Waals surface area contributed by atoms with Crippen LogP contribution in [0.2, 0.25) is 0 Å². The third-order valence-corrected chi connectivity index (χ3v) is 5.44. The van der Waals surface area contributed by atoms with Crippen molar-refractivity contribution in [2.24, 2.45) is 10.9 Å². The molecule has 1 N–H and O–H groups in total. The number of methoxy groups -OCH3 is 1. The first-order valence-corrected chi connectivity index (χ1v) is 8.81. The number of guanidine groups is 1. The molecule has 2 heterocycles. The number of likely N-dealkylation sites (tertiary alicyclic amines) is 1.